The molecule has 29 heavy (non-hydrogen) atoms. The largest absolute Gasteiger partial charge is 0.368 e. The number of benzene rings is 1. The van der Waals surface area contributed by atoms with Crippen LogP contribution in [0.25, 0.3) is 0 Å². The summed E-state index contributed by atoms with van der Waals surface area (Å²) in [5.41, 5.74) is 1.05. The van der Waals surface area contributed by atoms with Gasteiger partial charge in [-0.2, -0.15) is 0 Å². The summed E-state index contributed by atoms with van der Waals surface area (Å²) in [7, 11) is 0. The fourth-order valence-corrected chi connectivity index (χ4v) is 4.80. The molecule has 162 valence electrons. The Labute approximate surface area is 185 Å². The molecule has 1 heterocycles. The number of hydrogen-bond donors (Lipinski definition) is 2. The molecule has 5 nitrogen and oxygen atoms in total. The van der Waals surface area contributed by atoms with Crippen molar-refractivity contribution in [3.63, 3.8) is 0 Å². The molecule has 0 aromatic heterocycles. The highest BCUT2D eigenvalue weighted by Gasteiger charge is 2.24. The number of anilines is 1. The van der Waals surface area contributed by atoms with Crippen LogP contribution in [-0.4, -0.2) is 56.2 Å². The number of hydrogen-bond acceptors (Lipinski definition) is 3. The van der Waals surface area contributed by atoms with Gasteiger partial charge in [0.25, 0.3) is 0 Å². The molecule has 2 aliphatic rings. The molecule has 7 heteroatoms. The maximum absolute atomic E-state index is 11.8. The topological polar surface area (TPSA) is 47.6 Å². The van der Waals surface area contributed by atoms with Crippen LogP contribution in [0.3, 0.4) is 0 Å². The van der Waals surface area contributed by atoms with Crippen molar-refractivity contribution in [3.05, 3.63) is 28.2 Å². The summed E-state index contributed by atoms with van der Waals surface area (Å²) in [4.78, 5) is 16.7. The molecule has 1 aromatic carbocycles. The van der Waals surface area contributed by atoms with Crippen LogP contribution >= 0.6 is 23.2 Å². The molecule has 0 spiro atoms. The number of halogens is 2. The van der Waals surface area contributed by atoms with Crippen molar-refractivity contribution >= 4 is 34.9 Å². The van der Waals surface area contributed by atoms with E-state index in [9.17, 15) is 4.79 Å². The quantitative estimate of drug-likeness (QED) is 0.641. The SMILES string of the molecule is CCCNC(=O)N[C@H]1CC[C@H](CCN2CCN(c3cccc(Cl)c3Cl)CC2)CC1. The highest BCUT2D eigenvalue weighted by Crippen LogP contribution is 2.33. The van der Waals surface area contributed by atoms with Gasteiger partial charge >= 0.3 is 6.03 Å². The zero-order valence-corrected chi connectivity index (χ0v) is 18.9. The summed E-state index contributed by atoms with van der Waals surface area (Å²) in [6, 6.07) is 6.20. The number of carbonyl (C=O) groups excluding carboxylic acids is 1. The molecular weight excluding hydrogens is 407 g/mol. The summed E-state index contributed by atoms with van der Waals surface area (Å²) in [5.74, 6) is 0.784. The Hall–Kier alpha value is -1.17. The zero-order valence-electron chi connectivity index (χ0n) is 17.4. The third-order valence-electron chi connectivity index (χ3n) is 6.22. The van der Waals surface area contributed by atoms with Gasteiger partial charge in [0.2, 0.25) is 0 Å². The molecule has 1 aliphatic carbocycles. The van der Waals surface area contributed by atoms with E-state index in [4.69, 9.17) is 23.2 Å². The first-order chi connectivity index (χ1) is 14.1. The van der Waals surface area contributed by atoms with Gasteiger partial charge in [0.1, 0.15) is 0 Å². The van der Waals surface area contributed by atoms with Crippen molar-refractivity contribution in [2.75, 3.05) is 44.2 Å². The first-order valence-electron chi connectivity index (χ1n) is 11.0. The highest BCUT2D eigenvalue weighted by molar-refractivity contribution is 6.43. The van der Waals surface area contributed by atoms with Crippen molar-refractivity contribution in [2.45, 2.75) is 51.5 Å². The average molecular weight is 441 g/mol. The van der Waals surface area contributed by atoms with E-state index < -0.39 is 0 Å². The van der Waals surface area contributed by atoms with Gasteiger partial charge < -0.3 is 15.5 Å². The third kappa shape index (κ3) is 6.66. The first kappa shape index (κ1) is 22.5. The molecule has 3 rings (SSSR count). The molecule has 1 saturated heterocycles. The summed E-state index contributed by atoms with van der Waals surface area (Å²) in [6.45, 7) is 8.09. The van der Waals surface area contributed by atoms with Gasteiger partial charge in [0.15, 0.2) is 0 Å². The summed E-state index contributed by atoms with van der Waals surface area (Å²) < 4.78 is 0. The van der Waals surface area contributed by atoms with Crippen LogP contribution in [0.15, 0.2) is 18.2 Å². The van der Waals surface area contributed by atoms with Crippen molar-refractivity contribution in [3.8, 4) is 0 Å². The number of amides is 2. The zero-order chi connectivity index (χ0) is 20.6. The minimum Gasteiger partial charge on any atom is -0.368 e. The van der Waals surface area contributed by atoms with Gasteiger partial charge in [-0.3, -0.25) is 4.90 Å². The second kappa shape index (κ2) is 11.3. The summed E-state index contributed by atoms with van der Waals surface area (Å²) in [6.07, 6.45) is 6.87. The Bertz CT molecular complexity index is 656. The lowest BCUT2D eigenvalue weighted by atomic mass is 9.84. The van der Waals surface area contributed by atoms with E-state index in [2.05, 4.69) is 33.4 Å². The number of rotatable bonds is 7. The van der Waals surface area contributed by atoms with E-state index >= 15 is 0 Å². The van der Waals surface area contributed by atoms with Crippen molar-refractivity contribution in [1.82, 2.24) is 15.5 Å². The molecule has 0 radical (unpaired) electrons. The van der Waals surface area contributed by atoms with Gasteiger partial charge in [0, 0.05) is 38.8 Å². The van der Waals surface area contributed by atoms with Gasteiger partial charge in [-0.25, -0.2) is 4.79 Å². The molecule has 0 atom stereocenters. The van der Waals surface area contributed by atoms with Gasteiger partial charge in [-0.15, -0.1) is 0 Å². The third-order valence-corrected chi connectivity index (χ3v) is 7.02. The molecule has 1 aromatic rings. The van der Waals surface area contributed by atoms with Gasteiger partial charge in [-0.05, 0) is 63.1 Å². The molecule has 2 amide bonds. The fourth-order valence-electron chi connectivity index (χ4n) is 4.38. The summed E-state index contributed by atoms with van der Waals surface area (Å²) in [5, 5.41) is 7.31. The minimum absolute atomic E-state index is 0.00650. The second-order valence-electron chi connectivity index (χ2n) is 8.31. The molecule has 2 N–H and O–H groups in total. The number of carbonyl (C=O) groups is 1. The van der Waals surface area contributed by atoms with Gasteiger partial charge in [0.05, 0.1) is 15.7 Å². The van der Waals surface area contributed by atoms with E-state index in [-0.39, 0.29) is 6.03 Å². The second-order valence-corrected chi connectivity index (χ2v) is 9.09. The Balaban J connectivity index is 1.33. The molecular formula is C22H34Cl2N4O. The van der Waals surface area contributed by atoms with Crippen LogP contribution in [0.4, 0.5) is 10.5 Å². The number of nitrogens with one attached hydrogen (secondary N) is 2. The maximum atomic E-state index is 11.8. The lowest BCUT2D eigenvalue weighted by Gasteiger charge is -2.37. The Morgan fingerprint density at radius 2 is 1.83 bits per heavy atom. The average Bonchev–Trinajstić information content (AvgIpc) is 2.74. The number of urea groups is 1. The standard InChI is InChI=1S/C22H34Cl2N4O/c1-2-11-25-22(29)26-18-8-6-17(7-9-18)10-12-27-13-15-28(16-14-27)20-5-3-4-19(23)21(20)24/h3-5,17-18H,2,6-16H2,1H3,(H2,25,26,29)/t17-,18-. The monoisotopic (exact) mass is 440 g/mol. The molecule has 0 bridgehead atoms. The van der Waals surface area contributed by atoms with E-state index in [1.54, 1.807) is 0 Å². The first-order valence-corrected chi connectivity index (χ1v) is 11.8. The van der Waals surface area contributed by atoms with Crippen LogP contribution in [0.1, 0.15) is 45.4 Å². The predicted molar refractivity (Wildman–Crippen MR) is 122 cm³/mol. The van der Waals surface area contributed by atoms with Crippen molar-refractivity contribution in [2.24, 2.45) is 5.92 Å². The molecule has 1 aliphatic heterocycles. The lowest BCUT2D eigenvalue weighted by Crippen LogP contribution is -2.47. The molecule has 0 unspecified atom stereocenters. The Morgan fingerprint density at radius 1 is 1.10 bits per heavy atom. The molecule has 1 saturated carbocycles. The maximum Gasteiger partial charge on any atom is 0.315 e. The van der Waals surface area contributed by atoms with Crippen LogP contribution in [0.2, 0.25) is 10.0 Å². The van der Waals surface area contributed by atoms with Crippen LogP contribution in [0.5, 0.6) is 0 Å². The van der Waals surface area contributed by atoms with Crippen LogP contribution < -0.4 is 15.5 Å². The lowest BCUT2D eigenvalue weighted by molar-refractivity contribution is 0.205. The fraction of sp³-hybridized carbons (Fsp3) is 0.682. The molecule has 2 fully saturated rings. The highest BCUT2D eigenvalue weighted by atomic mass is 35.5. The van der Waals surface area contributed by atoms with Gasteiger partial charge in [-0.1, -0.05) is 36.2 Å². The Morgan fingerprint density at radius 3 is 2.52 bits per heavy atom. The smallest absolute Gasteiger partial charge is 0.315 e. The number of piperazine rings is 1. The number of nitrogens with zero attached hydrogens (tertiary/aromatic N) is 2. The van der Waals surface area contributed by atoms with E-state index in [0.29, 0.717) is 16.1 Å². The van der Waals surface area contributed by atoms with E-state index in [1.807, 2.05) is 12.1 Å². The Kier molecular flexibility index (Phi) is 8.76. The predicted octanol–water partition coefficient (Wildman–Crippen LogP) is 4.77. The van der Waals surface area contributed by atoms with Crippen LogP contribution in [-0.2, 0) is 0 Å². The van der Waals surface area contributed by atoms with Crippen LogP contribution in [0, 0.1) is 5.92 Å². The van der Waals surface area contributed by atoms with E-state index in [0.717, 1.165) is 70.1 Å². The van der Waals surface area contributed by atoms with E-state index in [1.165, 1.54) is 19.3 Å². The van der Waals surface area contributed by atoms with Crippen molar-refractivity contribution < 1.29 is 4.79 Å². The summed E-state index contributed by atoms with van der Waals surface area (Å²) >= 11 is 12.5. The normalized spacial score (nSPS) is 23.1. The minimum atomic E-state index is -0.00650. The van der Waals surface area contributed by atoms with Crippen molar-refractivity contribution in [1.29, 1.82) is 0 Å².